The van der Waals surface area contributed by atoms with Gasteiger partial charge in [-0.3, -0.25) is 0 Å². The van der Waals surface area contributed by atoms with E-state index in [0.717, 1.165) is 23.6 Å². The van der Waals surface area contributed by atoms with E-state index in [1.54, 1.807) is 0 Å². The standard InChI is InChI=1S/C24H25N3O2/c1-3-23-26-16(2)22(27-23)13-8-14-25-24(28)29-15-21-19-11-6-4-9-17(19)18-10-5-7-12-20(18)21/h4-13,21H,3,14-15H2,1-2H3,(H,25,28)(H,26,27). The Morgan fingerprint density at radius 1 is 1.14 bits per heavy atom. The van der Waals surface area contributed by atoms with Crippen LogP contribution in [0, 0.1) is 6.92 Å². The van der Waals surface area contributed by atoms with Gasteiger partial charge in [0.05, 0.1) is 5.69 Å². The number of carbonyl (C=O) groups excluding carboxylic acids is 1. The number of H-pyrrole nitrogens is 1. The Labute approximate surface area is 170 Å². The van der Waals surface area contributed by atoms with Crippen LogP contribution in [0.5, 0.6) is 0 Å². The Morgan fingerprint density at radius 3 is 2.41 bits per heavy atom. The van der Waals surface area contributed by atoms with E-state index in [1.165, 1.54) is 22.3 Å². The predicted molar refractivity (Wildman–Crippen MR) is 115 cm³/mol. The summed E-state index contributed by atoms with van der Waals surface area (Å²) in [6.45, 7) is 4.77. The van der Waals surface area contributed by atoms with E-state index in [0.29, 0.717) is 13.2 Å². The first-order valence-electron chi connectivity index (χ1n) is 9.98. The second-order valence-corrected chi connectivity index (χ2v) is 7.16. The summed E-state index contributed by atoms with van der Waals surface area (Å²) in [7, 11) is 0. The Bertz CT molecular complexity index is 1010. The van der Waals surface area contributed by atoms with Gasteiger partial charge in [0.2, 0.25) is 0 Å². The molecule has 29 heavy (non-hydrogen) atoms. The van der Waals surface area contributed by atoms with Gasteiger partial charge >= 0.3 is 6.09 Å². The molecule has 0 bridgehead atoms. The molecule has 0 atom stereocenters. The number of nitrogens with zero attached hydrogens (tertiary/aromatic N) is 1. The van der Waals surface area contributed by atoms with Crippen molar-refractivity contribution in [2.24, 2.45) is 0 Å². The van der Waals surface area contributed by atoms with E-state index in [4.69, 9.17) is 4.74 Å². The molecule has 0 fully saturated rings. The summed E-state index contributed by atoms with van der Waals surface area (Å²) in [6, 6.07) is 16.6. The maximum absolute atomic E-state index is 12.2. The Hall–Kier alpha value is -3.34. The second-order valence-electron chi connectivity index (χ2n) is 7.16. The molecule has 1 amide bonds. The maximum atomic E-state index is 12.2. The minimum absolute atomic E-state index is 0.0721. The minimum atomic E-state index is -0.412. The van der Waals surface area contributed by atoms with Crippen molar-refractivity contribution in [3.05, 3.63) is 82.9 Å². The normalized spacial score (nSPS) is 12.8. The molecule has 0 unspecified atom stereocenters. The van der Waals surface area contributed by atoms with Crippen LogP contribution in [-0.2, 0) is 11.2 Å². The number of aromatic nitrogens is 2. The number of ether oxygens (including phenoxy) is 1. The van der Waals surface area contributed by atoms with Crippen molar-refractivity contribution in [2.45, 2.75) is 26.2 Å². The third-order valence-corrected chi connectivity index (χ3v) is 5.29. The molecule has 5 nitrogen and oxygen atoms in total. The van der Waals surface area contributed by atoms with Crippen LogP contribution < -0.4 is 5.32 Å². The molecule has 148 valence electrons. The Morgan fingerprint density at radius 2 is 1.79 bits per heavy atom. The molecule has 0 spiro atoms. The van der Waals surface area contributed by atoms with Crippen molar-refractivity contribution < 1.29 is 9.53 Å². The molecule has 1 aliphatic rings. The Kier molecular flexibility index (Phi) is 5.47. The number of benzene rings is 2. The molecular formula is C24H25N3O2. The highest BCUT2D eigenvalue weighted by Gasteiger charge is 2.28. The summed E-state index contributed by atoms with van der Waals surface area (Å²) in [5, 5.41) is 2.78. The van der Waals surface area contributed by atoms with Gasteiger partial charge in [0.1, 0.15) is 12.4 Å². The van der Waals surface area contributed by atoms with Gasteiger partial charge in [-0.05, 0) is 35.3 Å². The van der Waals surface area contributed by atoms with Gasteiger partial charge < -0.3 is 15.0 Å². The molecular weight excluding hydrogens is 362 g/mol. The summed E-state index contributed by atoms with van der Waals surface area (Å²) in [5.41, 5.74) is 6.79. The summed E-state index contributed by atoms with van der Waals surface area (Å²) >= 11 is 0. The van der Waals surface area contributed by atoms with Gasteiger partial charge in [0.15, 0.2) is 0 Å². The van der Waals surface area contributed by atoms with Gasteiger partial charge in [-0.15, -0.1) is 0 Å². The fourth-order valence-electron chi connectivity index (χ4n) is 3.83. The van der Waals surface area contributed by atoms with Crippen LogP contribution in [0.25, 0.3) is 17.2 Å². The number of carbonyl (C=O) groups is 1. The number of hydrogen-bond donors (Lipinski definition) is 2. The highest BCUT2D eigenvalue weighted by Crippen LogP contribution is 2.44. The first-order chi connectivity index (χ1) is 14.2. The summed E-state index contributed by atoms with van der Waals surface area (Å²) in [4.78, 5) is 19.9. The number of aromatic amines is 1. The van der Waals surface area contributed by atoms with Crippen molar-refractivity contribution in [3.63, 3.8) is 0 Å². The van der Waals surface area contributed by atoms with Crippen molar-refractivity contribution in [2.75, 3.05) is 13.2 Å². The SMILES string of the molecule is CCc1nc(C=CCNC(=O)OCC2c3ccccc3-c3ccccc32)c(C)[nH]1. The number of amides is 1. The highest BCUT2D eigenvalue weighted by atomic mass is 16.5. The third kappa shape index (κ3) is 3.94. The zero-order valence-corrected chi connectivity index (χ0v) is 16.7. The van der Waals surface area contributed by atoms with E-state index < -0.39 is 6.09 Å². The molecule has 0 aliphatic heterocycles. The molecule has 1 aromatic heterocycles. The average molecular weight is 387 g/mol. The molecule has 1 heterocycles. The quantitative estimate of drug-likeness (QED) is 0.636. The van der Waals surface area contributed by atoms with Gasteiger partial charge in [0, 0.05) is 24.6 Å². The summed E-state index contributed by atoms with van der Waals surface area (Å²) in [6.07, 6.45) is 4.25. The van der Waals surface area contributed by atoms with E-state index in [2.05, 4.69) is 46.5 Å². The topological polar surface area (TPSA) is 67.0 Å². The zero-order valence-electron chi connectivity index (χ0n) is 16.7. The number of fused-ring (bicyclic) bond motifs is 3. The molecule has 2 aromatic carbocycles. The fourth-order valence-corrected chi connectivity index (χ4v) is 3.83. The molecule has 2 N–H and O–H groups in total. The molecule has 0 radical (unpaired) electrons. The van der Waals surface area contributed by atoms with Crippen LogP contribution in [-0.4, -0.2) is 29.2 Å². The van der Waals surface area contributed by atoms with Crippen LogP contribution in [0.3, 0.4) is 0 Å². The van der Waals surface area contributed by atoms with Crippen LogP contribution >= 0.6 is 0 Å². The molecule has 4 rings (SSSR count). The largest absolute Gasteiger partial charge is 0.449 e. The third-order valence-electron chi connectivity index (χ3n) is 5.29. The van der Waals surface area contributed by atoms with Crippen molar-refractivity contribution in [1.29, 1.82) is 0 Å². The lowest BCUT2D eigenvalue weighted by Crippen LogP contribution is -2.26. The van der Waals surface area contributed by atoms with Crippen LogP contribution in [0.15, 0.2) is 54.6 Å². The van der Waals surface area contributed by atoms with E-state index in [1.807, 2.05) is 43.3 Å². The Balaban J connectivity index is 1.33. The lowest BCUT2D eigenvalue weighted by Gasteiger charge is -2.14. The van der Waals surface area contributed by atoms with Crippen LogP contribution in [0.1, 0.15) is 41.2 Å². The van der Waals surface area contributed by atoms with Crippen LogP contribution in [0.2, 0.25) is 0 Å². The van der Waals surface area contributed by atoms with Crippen molar-refractivity contribution in [1.82, 2.24) is 15.3 Å². The van der Waals surface area contributed by atoms with E-state index >= 15 is 0 Å². The second kappa shape index (κ2) is 8.35. The number of imidazole rings is 1. The number of alkyl carbamates (subject to hydrolysis) is 1. The number of hydrogen-bond acceptors (Lipinski definition) is 3. The van der Waals surface area contributed by atoms with E-state index in [-0.39, 0.29) is 5.92 Å². The van der Waals surface area contributed by atoms with Gasteiger partial charge in [0.25, 0.3) is 0 Å². The smallest absolute Gasteiger partial charge is 0.407 e. The van der Waals surface area contributed by atoms with E-state index in [9.17, 15) is 4.79 Å². The molecule has 0 saturated carbocycles. The zero-order chi connectivity index (χ0) is 20.2. The monoisotopic (exact) mass is 387 g/mol. The van der Waals surface area contributed by atoms with Crippen molar-refractivity contribution >= 4 is 12.2 Å². The molecule has 3 aromatic rings. The first kappa shape index (κ1) is 19.0. The highest BCUT2D eigenvalue weighted by molar-refractivity contribution is 5.79. The molecule has 1 aliphatic carbocycles. The lowest BCUT2D eigenvalue weighted by molar-refractivity contribution is 0.144. The number of nitrogens with one attached hydrogen (secondary N) is 2. The minimum Gasteiger partial charge on any atom is -0.449 e. The average Bonchev–Trinajstić information content (AvgIpc) is 3.27. The summed E-state index contributed by atoms with van der Waals surface area (Å²) in [5.74, 6) is 1.04. The first-order valence-corrected chi connectivity index (χ1v) is 9.98. The van der Waals surface area contributed by atoms with Gasteiger partial charge in [-0.25, -0.2) is 9.78 Å². The van der Waals surface area contributed by atoms with Gasteiger partial charge in [-0.2, -0.15) is 0 Å². The van der Waals surface area contributed by atoms with Crippen molar-refractivity contribution in [3.8, 4) is 11.1 Å². The molecule has 0 saturated heterocycles. The number of rotatable bonds is 6. The predicted octanol–water partition coefficient (Wildman–Crippen LogP) is 4.83. The lowest BCUT2D eigenvalue weighted by atomic mass is 9.98. The maximum Gasteiger partial charge on any atom is 0.407 e. The fraction of sp³-hybridized carbons (Fsp3) is 0.250. The number of aryl methyl sites for hydroxylation is 2. The molecule has 5 heteroatoms. The van der Waals surface area contributed by atoms with Crippen LogP contribution in [0.4, 0.5) is 4.79 Å². The summed E-state index contributed by atoms with van der Waals surface area (Å²) < 4.78 is 5.53. The van der Waals surface area contributed by atoms with Gasteiger partial charge in [-0.1, -0.05) is 61.5 Å².